The van der Waals surface area contributed by atoms with Gasteiger partial charge in [0.05, 0.1) is 12.8 Å². The second kappa shape index (κ2) is 8.45. The summed E-state index contributed by atoms with van der Waals surface area (Å²) in [6.45, 7) is 3.90. The summed E-state index contributed by atoms with van der Waals surface area (Å²) in [6, 6.07) is 12.8. The number of methoxy groups -OCH3 is 1. The molecule has 0 aliphatic heterocycles. The first-order chi connectivity index (χ1) is 13.8. The van der Waals surface area contributed by atoms with E-state index in [4.69, 9.17) is 4.74 Å². The summed E-state index contributed by atoms with van der Waals surface area (Å²) in [6.07, 6.45) is 0. The molecule has 0 saturated heterocycles. The van der Waals surface area contributed by atoms with Crippen molar-refractivity contribution in [1.29, 1.82) is 0 Å². The summed E-state index contributed by atoms with van der Waals surface area (Å²) in [7, 11) is 5.19. The van der Waals surface area contributed by atoms with Crippen molar-refractivity contribution < 1.29 is 13.9 Å². The number of nitrogens with one attached hydrogen (secondary N) is 1. The summed E-state index contributed by atoms with van der Waals surface area (Å²) in [5.74, 6) is 0.0378. The van der Waals surface area contributed by atoms with Gasteiger partial charge in [-0.1, -0.05) is 12.1 Å². The molecule has 0 fully saturated rings. The van der Waals surface area contributed by atoms with Crippen molar-refractivity contribution in [3.05, 3.63) is 71.3 Å². The maximum absolute atomic E-state index is 13.3. The van der Waals surface area contributed by atoms with Crippen molar-refractivity contribution >= 4 is 11.6 Å². The van der Waals surface area contributed by atoms with Crippen LogP contribution >= 0.6 is 0 Å². The molecule has 0 aliphatic carbocycles. The molecule has 6 nitrogen and oxygen atoms in total. The number of carbonyl (C=O) groups is 1. The Hall–Kier alpha value is -3.19. The largest absolute Gasteiger partial charge is 0.494 e. The smallest absolute Gasteiger partial charge is 0.246 e. The molecule has 1 heterocycles. The second-order valence-electron chi connectivity index (χ2n) is 7.13. The molecule has 0 aliphatic rings. The van der Waals surface area contributed by atoms with Gasteiger partial charge in [-0.25, -0.2) is 9.07 Å². The molecule has 0 spiro atoms. The van der Waals surface area contributed by atoms with Gasteiger partial charge < -0.3 is 10.1 Å². The summed E-state index contributed by atoms with van der Waals surface area (Å²) in [4.78, 5) is 14.7. The fourth-order valence-electron chi connectivity index (χ4n) is 3.34. The fraction of sp³-hybridized carbons (Fsp3) is 0.273. The predicted molar refractivity (Wildman–Crippen MR) is 111 cm³/mol. The van der Waals surface area contributed by atoms with Crippen LogP contribution in [0.1, 0.15) is 23.0 Å². The molecule has 1 aromatic heterocycles. The lowest BCUT2D eigenvalue weighted by molar-refractivity contribution is -0.120. The lowest BCUT2D eigenvalue weighted by Crippen LogP contribution is -2.32. The highest BCUT2D eigenvalue weighted by molar-refractivity contribution is 5.95. The first-order valence-electron chi connectivity index (χ1n) is 9.24. The molecule has 3 aromatic rings. The van der Waals surface area contributed by atoms with Crippen molar-refractivity contribution in [3.63, 3.8) is 0 Å². The Morgan fingerprint density at radius 3 is 2.38 bits per heavy atom. The van der Waals surface area contributed by atoms with Gasteiger partial charge >= 0.3 is 0 Å². The number of nitrogens with zero attached hydrogens (tertiary/aromatic N) is 3. The van der Waals surface area contributed by atoms with Crippen molar-refractivity contribution in [2.45, 2.75) is 19.9 Å². The molecule has 3 rings (SSSR count). The zero-order chi connectivity index (χ0) is 21.1. The summed E-state index contributed by atoms with van der Waals surface area (Å²) in [5.41, 5.74) is 4.00. The van der Waals surface area contributed by atoms with Gasteiger partial charge in [0, 0.05) is 17.4 Å². The molecule has 7 heteroatoms. The highest BCUT2D eigenvalue weighted by atomic mass is 19.1. The molecule has 29 heavy (non-hydrogen) atoms. The molecular weight excluding hydrogens is 371 g/mol. The second-order valence-corrected chi connectivity index (χ2v) is 7.13. The zero-order valence-corrected chi connectivity index (χ0v) is 17.2. The van der Waals surface area contributed by atoms with Crippen molar-refractivity contribution in [3.8, 4) is 11.4 Å². The highest BCUT2D eigenvalue weighted by Gasteiger charge is 2.23. The fourth-order valence-corrected chi connectivity index (χ4v) is 3.34. The first kappa shape index (κ1) is 20.5. The third-order valence-corrected chi connectivity index (χ3v) is 4.64. The molecule has 0 saturated carbocycles. The average Bonchev–Trinajstić information content (AvgIpc) is 3.01. The first-order valence-corrected chi connectivity index (χ1v) is 9.24. The Kier molecular flexibility index (Phi) is 5.98. The quantitative estimate of drug-likeness (QED) is 0.687. The van der Waals surface area contributed by atoms with Crippen LogP contribution in [0.5, 0.6) is 5.75 Å². The number of aromatic nitrogens is 2. The van der Waals surface area contributed by atoms with Gasteiger partial charge in [0.25, 0.3) is 0 Å². The van der Waals surface area contributed by atoms with Gasteiger partial charge in [0.1, 0.15) is 23.3 Å². The summed E-state index contributed by atoms with van der Waals surface area (Å²) in [5, 5.41) is 7.42. The van der Waals surface area contributed by atoms with E-state index in [-0.39, 0.29) is 11.7 Å². The number of anilines is 1. The molecule has 1 amide bonds. The van der Waals surface area contributed by atoms with Crippen LogP contribution in [0.3, 0.4) is 0 Å². The van der Waals surface area contributed by atoms with Crippen LogP contribution in [-0.2, 0) is 4.79 Å². The van der Waals surface area contributed by atoms with Gasteiger partial charge in [-0.3, -0.25) is 9.69 Å². The predicted octanol–water partition coefficient (Wildman–Crippen LogP) is 3.88. The van der Waals surface area contributed by atoms with Crippen LogP contribution in [0.25, 0.3) is 5.69 Å². The van der Waals surface area contributed by atoms with Gasteiger partial charge in [-0.2, -0.15) is 5.10 Å². The van der Waals surface area contributed by atoms with Crippen LogP contribution in [0, 0.1) is 19.7 Å². The van der Waals surface area contributed by atoms with E-state index in [1.807, 2.05) is 32.0 Å². The van der Waals surface area contributed by atoms with E-state index in [1.54, 1.807) is 49.0 Å². The standard InChI is InChI=1S/C22H25FN4O2/c1-14-12-15(2)27(25-14)19-11-10-18(13-20(19)29-5)24-22(28)21(26(3)4)16-6-8-17(23)9-7-16/h6-13,21H,1-5H3,(H,24,28)/t21-/m0/s1. The number of hydrogen-bond donors (Lipinski definition) is 1. The topological polar surface area (TPSA) is 59.4 Å². The minimum Gasteiger partial charge on any atom is -0.494 e. The number of rotatable bonds is 6. The van der Waals surface area contributed by atoms with E-state index >= 15 is 0 Å². The average molecular weight is 396 g/mol. The maximum atomic E-state index is 13.3. The maximum Gasteiger partial charge on any atom is 0.246 e. The highest BCUT2D eigenvalue weighted by Crippen LogP contribution is 2.29. The molecule has 152 valence electrons. The number of carbonyl (C=O) groups excluding carboxylic acids is 1. The Balaban J connectivity index is 1.87. The molecule has 1 N–H and O–H groups in total. The van der Waals surface area contributed by atoms with Crippen LogP contribution in [-0.4, -0.2) is 41.8 Å². The van der Waals surface area contributed by atoms with E-state index in [0.29, 0.717) is 17.0 Å². The molecule has 0 radical (unpaired) electrons. The van der Waals surface area contributed by atoms with E-state index in [2.05, 4.69) is 10.4 Å². The number of likely N-dealkylation sites (N-methyl/N-ethyl adjacent to an activating group) is 1. The number of benzene rings is 2. The minimum atomic E-state index is -0.558. The number of aryl methyl sites for hydroxylation is 2. The van der Waals surface area contributed by atoms with Gasteiger partial charge in [0.15, 0.2) is 0 Å². The summed E-state index contributed by atoms with van der Waals surface area (Å²) >= 11 is 0. The third kappa shape index (κ3) is 4.46. The number of hydrogen-bond acceptors (Lipinski definition) is 4. The van der Waals surface area contributed by atoms with E-state index in [1.165, 1.54) is 12.1 Å². The van der Waals surface area contributed by atoms with E-state index in [9.17, 15) is 9.18 Å². The zero-order valence-electron chi connectivity index (χ0n) is 17.2. The van der Waals surface area contributed by atoms with Crippen molar-refractivity contribution in [2.24, 2.45) is 0 Å². The lowest BCUT2D eigenvalue weighted by atomic mass is 10.0. The van der Waals surface area contributed by atoms with Gasteiger partial charge in [-0.05, 0) is 63.8 Å². The van der Waals surface area contributed by atoms with Crippen LogP contribution in [0.2, 0.25) is 0 Å². The molecule has 2 aromatic carbocycles. The Bertz CT molecular complexity index is 1010. The minimum absolute atomic E-state index is 0.220. The lowest BCUT2D eigenvalue weighted by Gasteiger charge is -2.24. The summed E-state index contributed by atoms with van der Waals surface area (Å²) < 4.78 is 20.6. The van der Waals surface area contributed by atoms with Crippen molar-refractivity contribution in [1.82, 2.24) is 14.7 Å². The normalized spacial score (nSPS) is 12.1. The van der Waals surface area contributed by atoms with Gasteiger partial charge in [0.2, 0.25) is 5.91 Å². The van der Waals surface area contributed by atoms with E-state index < -0.39 is 6.04 Å². The van der Waals surface area contributed by atoms with Gasteiger partial charge in [-0.15, -0.1) is 0 Å². The number of ether oxygens (including phenoxy) is 1. The van der Waals surface area contributed by atoms with Crippen molar-refractivity contribution in [2.75, 3.05) is 26.5 Å². The third-order valence-electron chi connectivity index (χ3n) is 4.64. The molecular formula is C22H25FN4O2. The Morgan fingerprint density at radius 1 is 1.14 bits per heavy atom. The number of halogens is 1. The monoisotopic (exact) mass is 396 g/mol. The molecule has 1 atom stereocenters. The SMILES string of the molecule is COc1cc(NC(=O)[C@H](c2ccc(F)cc2)N(C)C)ccc1-n1nc(C)cc1C. The van der Waals surface area contributed by atoms with E-state index in [0.717, 1.165) is 17.1 Å². The molecule has 0 unspecified atom stereocenters. The van der Waals surface area contributed by atoms with Crippen LogP contribution in [0.15, 0.2) is 48.5 Å². The Labute approximate surface area is 169 Å². The van der Waals surface area contributed by atoms with Crippen LogP contribution < -0.4 is 10.1 Å². The number of amides is 1. The van der Waals surface area contributed by atoms with Crippen LogP contribution in [0.4, 0.5) is 10.1 Å². The Morgan fingerprint density at radius 2 is 1.83 bits per heavy atom. The molecule has 0 bridgehead atoms.